The monoisotopic (exact) mass is 402 g/mol. The number of benzene rings is 1. The van der Waals surface area contributed by atoms with Crippen molar-refractivity contribution in [2.24, 2.45) is 4.99 Å². The van der Waals surface area contributed by atoms with Crippen LogP contribution >= 0.6 is 11.3 Å². The summed E-state index contributed by atoms with van der Waals surface area (Å²) in [5.74, 6) is -1.38. The predicted molar refractivity (Wildman–Crippen MR) is 101 cm³/mol. The number of hydrogen-bond acceptors (Lipinski definition) is 7. The van der Waals surface area contributed by atoms with Crippen LogP contribution in [0.15, 0.2) is 46.0 Å². The van der Waals surface area contributed by atoms with E-state index in [1.54, 1.807) is 42.7 Å². The molecule has 0 bridgehead atoms. The Labute approximate surface area is 164 Å². The van der Waals surface area contributed by atoms with Crippen LogP contribution in [0.4, 0.5) is 0 Å². The molecule has 2 heterocycles. The van der Waals surface area contributed by atoms with Crippen molar-refractivity contribution >= 4 is 39.4 Å². The second-order valence-corrected chi connectivity index (χ2v) is 6.58. The molecule has 0 unspecified atom stereocenters. The molecule has 0 aliphatic rings. The number of aromatic nitrogens is 1. The van der Waals surface area contributed by atoms with E-state index >= 15 is 0 Å². The van der Waals surface area contributed by atoms with Crippen LogP contribution in [-0.2, 0) is 20.8 Å². The lowest BCUT2D eigenvalue weighted by molar-refractivity contribution is -0.143. The first-order valence-electron chi connectivity index (χ1n) is 8.62. The van der Waals surface area contributed by atoms with Gasteiger partial charge in [0.05, 0.1) is 35.3 Å². The van der Waals surface area contributed by atoms with Gasteiger partial charge in [0.25, 0.3) is 0 Å². The minimum Gasteiger partial charge on any atom is -0.465 e. The van der Waals surface area contributed by atoms with Crippen molar-refractivity contribution in [1.29, 1.82) is 0 Å². The van der Waals surface area contributed by atoms with Gasteiger partial charge >= 0.3 is 17.8 Å². The minimum atomic E-state index is -0.570. The number of ether oxygens (including phenoxy) is 2. The maximum atomic E-state index is 12.3. The fraction of sp³-hybridized carbons (Fsp3) is 0.263. The lowest BCUT2D eigenvalue weighted by atomic mass is 10.2. The van der Waals surface area contributed by atoms with E-state index in [1.807, 2.05) is 0 Å². The number of nitrogens with zero attached hydrogens (tertiary/aromatic N) is 2. The number of hydrogen-bond donors (Lipinski definition) is 0. The molecular weight excluding hydrogens is 384 g/mol. The number of rotatable bonds is 6. The molecule has 8 nitrogen and oxygen atoms in total. The van der Waals surface area contributed by atoms with Gasteiger partial charge in [-0.15, -0.1) is 0 Å². The highest BCUT2D eigenvalue weighted by Crippen LogP contribution is 2.20. The zero-order valence-corrected chi connectivity index (χ0v) is 16.2. The summed E-state index contributed by atoms with van der Waals surface area (Å²) >= 11 is 1.18. The molecule has 0 radical (unpaired) electrons. The fourth-order valence-electron chi connectivity index (χ4n) is 2.53. The smallest absolute Gasteiger partial charge is 0.338 e. The fourth-order valence-corrected chi connectivity index (χ4v) is 3.60. The highest BCUT2D eigenvalue weighted by atomic mass is 32.1. The van der Waals surface area contributed by atoms with Gasteiger partial charge in [-0.1, -0.05) is 11.3 Å². The molecule has 0 atom stereocenters. The van der Waals surface area contributed by atoms with Crippen LogP contribution in [0.2, 0.25) is 0 Å². The molecule has 0 saturated heterocycles. The van der Waals surface area contributed by atoms with Gasteiger partial charge in [-0.05, 0) is 44.2 Å². The van der Waals surface area contributed by atoms with Crippen molar-refractivity contribution in [1.82, 2.24) is 4.57 Å². The number of amides is 1. The zero-order chi connectivity index (χ0) is 20.1. The molecule has 1 amide bonds. The Morgan fingerprint density at radius 1 is 1.14 bits per heavy atom. The van der Waals surface area contributed by atoms with Gasteiger partial charge in [0.1, 0.15) is 6.54 Å². The first-order valence-corrected chi connectivity index (χ1v) is 9.43. The van der Waals surface area contributed by atoms with Gasteiger partial charge in [0.2, 0.25) is 0 Å². The molecule has 2 aromatic heterocycles. The molecule has 3 aromatic rings. The maximum absolute atomic E-state index is 12.3. The van der Waals surface area contributed by atoms with Gasteiger partial charge in [0.15, 0.2) is 10.6 Å². The predicted octanol–water partition coefficient (Wildman–Crippen LogP) is 2.78. The summed E-state index contributed by atoms with van der Waals surface area (Å²) in [7, 11) is 0. The summed E-state index contributed by atoms with van der Waals surface area (Å²) in [6, 6.07) is 8.04. The van der Waals surface area contributed by atoms with E-state index in [0.29, 0.717) is 20.6 Å². The molecule has 0 fully saturated rings. The van der Waals surface area contributed by atoms with Crippen LogP contribution in [0, 0.1) is 0 Å². The van der Waals surface area contributed by atoms with Gasteiger partial charge in [0, 0.05) is 0 Å². The third kappa shape index (κ3) is 4.20. The molecule has 0 aliphatic carbocycles. The Kier molecular flexibility index (Phi) is 6.05. The largest absolute Gasteiger partial charge is 0.465 e. The SMILES string of the molecule is CCOC(=O)Cn1c(=NC(=O)c2ccco2)sc2cc(C(=O)OCC)ccc21. The van der Waals surface area contributed by atoms with Crippen molar-refractivity contribution in [3.63, 3.8) is 0 Å². The van der Waals surface area contributed by atoms with E-state index in [2.05, 4.69) is 4.99 Å². The maximum Gasteiger partial charge on any atom is 0.338 e. The van der Waals surface area contributed by atoms with Gasteiger partial charge in [-0.3, -0.25) is 9.59 Å². The topological polar surface area (TPSA) is 100 Å². The molecule has 9 heteroatoms. The van der Waals surface area contributed by atoms with Crippen LogP contribution in [0.25, 0.3) is 10.2 Å². The van der Waals surface area contributed by atoms with Crippen molar-refractivity contribution in [2.75, 3.05) is 13.2 Å². The number of thiazole rings is 1. The van der Waals surface area contributed by atoms with Crippen LogP contribution in [0.5, 0.6) is 0 Å². The molecule has 1 aromatic carbocycles. The molecular formula is C19H18N2O6S. The van der Waals surface area contributed by atoms with Crippen LogP contribution < -0.4 is 4.80 Å². The first kappa shape index (κ1) is 19.6. The van der Waals surface area contributed by atoms with Crippen LogP contribution in [0.3, 0.4) is 0 Å². The third-order valence-corrected chi connectivity index (χ3v) is 4.76. The molecule has 0 saturated carbocycles. The Balaban J connectivity index is 2.10. The summed E-state index contributed by atoms with van der Waals surface area (Å²) in [4.78, 5) is 40.7. The first-order chi connectivity index (χ1) is 13.5. The van der Waals surface area contributed by atoms with E-state index in [4.69, 9.17) is 13.9 Å². The molecule has 3 rings (SSSR count). The second-order valence-electron chi connectivity index (χ2n) is 5.57. The van der Waals surface area contributed by atoms with Crippen molar-refractivity contribution in [3.05, 3.63) is 52.7 Å². The van der Waals surface area contributed by atoms with Crippen LogP contribution in [0.1, 0.15) is 34.8 Å². The van der Waals surface area contributed by atoms with E-state index in [0.717, 1.165) is 0 Å². The second kappa shape index (κ2) is 8.66. The zero-order valence-electron chi connectivity index (χ0n) is 15.3. The van der Waals surface area contributed by atoms with E-state index in [-0.39, 0.29) is 25.5 Å². The summed E-state index contributed by atoms with van der Waals surface area (Å²) in [6.45, 7) is 3.84. The molecule has 0 spiro atoms. The van der Waals surface area contributed by atoms with Crippen molar-refractivity contribution in [3.8, 4) is 0 Å². The van der Waals surface area contributed by atoms with Crippen molar-refractivity contribution < 1.29 is 28.3 Å². The average Bonchev–Trinajstić information content (AvgIpc) is 3.31. The normalized spacial score (nSPS) is 11.6. The Bertz CT molecular complexity index is 1080. The average molecular weight is 402 g/mol. The highest BCUT2D eigenvalue weighted by Gasteiger charge is 2.16. The van der Waals surface area contributed by atoms with Gasteiger partial charge < -0.3 is 18.5 Å². The summed E-state index contributed by atoms with van der Waals surface area (Å²) in [5.41, 5.74) is 1.03. The summed E-state index contributed by atoms with van der Waals surface area (Å²) in [6.07, 6.45) is 1.38. The standard InChI is InChI=1S/C19H18N2O6S/c1-3-25-16(22)11-21-13-8-7-12(18(24)26-4-2)10-15(13)28-19(21)20-17(23)14-6-5-9-27-14/h5-10H,3-4,11H2,1-2H3. The Morgan fingerprint density at radius 2 is 1.93 bits per heavy atom. The molecule has 0 aliphatic heterocycles. The quantitative estimate of drug-likeness (QED) is 0.588. The Morgan fingerprint density at radius 3 is 2.61 bits per heavy atom. The van der Waals surface area contributed by atoms with E-state index in [1.165, 1.54) is 23.7 Å². The lowest BCUT2D eigenvalue weighted by Crippen LogP contribution is -2.23. The molecule has 0 N–H and O–H groups in total. The minimum absolute atomic E-state index is 0.0901. The number of furan rings is 1. The van der Waals surface area contributed by atoms with E-state index in [9.17, 15) is 14.4 Å². The summed E-state index contributed by atoms with van der Waals surface area (Å²) < 4.78 is 17.4. The molecule has 28 heavy (non-hydrogen) atoms. The number of fused-ring (bicyclic) bond motifs is 1. The van der Waals surface area contributed by atoms with Crippen molar-refractivity contribution in [2.45, 2.75) is 20.4 Å². The van der Waals surface area contributed by atoms with Crippen LogP contribution in [-0.4, -0.2) is 35.6 Å². The Hall–Kier alpha value is -3.20. The van der Waals surface area contributed by atoms with E-state index < -0.39 is 17.8 Å². The summed E-state index contributed by atoms with van der Waals surface area (Å²) in [5, 5.41) is 0. The number of carbonyl (C=O) groups is 3. The molecule has 146 valence electrons. The number of esters is 2. The third-order valence-electron chi connectivity index (χ3n) is 3.72. The highest BCUT2D eigenvalue weighted by molar-refractivity contribution is 7.16. The van der Waals surface area contributed by atoms with Gasteiger partial charge in [-0.2, -0.15) is 4.99 Å². The number of carbonyl (C=O) groups excluding carboxylic acids is 3. The lowest BCUT2D eigenvalue weighted by Gasteiger charge is -2.06. The van der Waals surface area contributed by atoms with Gasteiger partial charge in [-0.25, -0.2) is 4.79 Å².